The van der Waals surface area contributed by atoms with Crippen molar-refractivity contribution in [1.29, 1.82) is 0 Å². The molecule has 3 aromatic rings. The molecule has 0 aliphatic carbocycles. The Morgan fingerprint density at radius 3 is 2.30 bits per heavy atom. The zero-order chi connectivity index (χ0) is 26.3. The molecule has 0 bridgehead atoms. The van der Waals surface area contributed by atoms with E-state index < -0.39 is 11.7 Å². The standard InChI is InChI=1S/C29H29F4N3O/c1-19-8-7-12-25(30)27(19)34-16-14-22(15-17-34)36-20(2)23-10-4-6-13-26(23)35(28(36)37)18-21-9-3-5-11-24(21)29(31,32)33/h3-13,20,22H,14-18H2,1-2H3/t20-/m0/s1. The number of fused-ring (bicyclic) bond motifs is 1. The molecule has 8 heteroatoms. The summed E-state index contributed by atoms with van der Waals surface area (Å²) in [5, 5.41) is 0. The maximum atomic E-state index is 14.6. The van der Waals surface area contributed by atoms with E-state index in [0.717, 1.165) is 17.2 Å². The molecule has 4 nitrogen and oxygen atoms in total. The summed E-state index contributed by atoms with van der Waals surface area (Å²) in [5.41, 5.74) is 2.31. The number of halogens is 4. The predicted molar refractivity (Wildman–Crippen MR) is 136 cm³/mol. The summed E-state index contributed by atoms with van der Waals surface area (Å²) in [5.74, 6) is -0.260. The second kappa shape index (κ2) is 9.72. The number of aryl methyl sites for hydroxylation is 1. The van der Waals surface area contributed by atoms with Gasteiger partial charge in [-0.25, -0.2) is 9.18 Å². The Labute approximate surface area is 214 Å². The first-order chi connectivity index (χ1) is 17.7. The normalized spacial score (nSPS) is 18.8. The quantitative estimate of drug-likeness (QED) is 0.343. The predicted octanol–water partition coefficient (Wildman–Crippen LogP) is 7.33. The largest absolute Gasteiger partial charge is 0.416 e. The number of nitrogens with zero attached hydrogens (tertiary/aromatic N) is 3. The highest BCUT2D eigenvalue weighted by Crippen LogP contribution is 2.41. The Morgan fingerprint density at radius 1 is 0.919 bits per heavy atom. The van der Waals surface area contributed by atoms with E-state index in [4.69, 9.17) is 0 Å². The van der Waals surface area contributed by atoms with Gasteiger partial charge in [-0.15, -0.1) is 0 Å². The Kier molecular flexibility index (Phi) is 6.60. The molecule has 2 amide bonds. The molecule has 37 heavy (non-hydrogen) atoms. The van der Waals surface area contributed by atoms with Gasteiger partial charge in [-0.1, -0.05) is 48.5 Å². The summed E-state index contributed by atoms with van der Waals surface area (Å²) in [6, 6.07) is 17.2. The van der Waals surface area contributed by atoms with Gasteiger partial charge in [-0.05, 0) is 61.6 Å². The Balaban J connectivity index is 1.43. The van der Waals surface area contributed by atoms with Crippen molar-refractivity contribution in [3.05, 3.63) is 94.8 Å². The molecule has 194 valence electrons. The van der Waals surface area contributed by atoms with Gasteiger partial charge in [0.25, 0.3) is 0 Å². The third-order valence-electron chi connectivity index (χ3n) is 7.56. The average Bonchev–Trinajstić information content (AvgIpc) is 2.87. The summed E-state index contributed by atoms with van der Waals surface area (Å²) in [4.78, 5) is 19.2. The van der Waals surface area contributed by atoms with Gasteiger partial charge in [0.05, 0.1) is 29.5 Å². The molecule has 1 saturated heterocycles. The first-order valence-electron chi connectivity index (χ1n) is 12.5. The molecule has 2 aliphatic heterocycles. The van der Waals surface area contributed by atoms with E-state index in [1.54, 1.807) is 24.3 Å². The first-order valence-corrected chi connectivity index (χ1v) is 12.5. The fourth-order valence-electron chi connectivity index (χ4n) is 5.77. The van der Waals surface area contributed by atoms with Crippen molar-refractivity contribution in [1.82, 2.24) is 4.90 Å². The van der Waals surface area contributed by atoms with Crippen molar-refractivity contribution >= 4 is 17.4 Å². The van der Waals surface area contributed by atoms with Gasteiger partial charge < -0.3 is 9.80 Å². The average molecular weight is 512 g/mol. The van der Waals surface area contributed by atoms with Crippen LogP contribution in [0.3, 0.4) is 0 Å². The number of rotatable bonds is 4. The molecule has 1 atom stereocenters. The second-order valence-electron chi connectivity index (χ2n) is 9.79. The Morgan fingerprint density at radius 2 is 1.59 bits per heavy atom. The monoisotopic (exact) mass is 511 g/mol. The number of benzene rings is 3. The number of hydrogen-bond acceptors (Lipinski definition) is 2. The van der Waals surface area contributed by atoms with Gasteiger partial charge >= 0.3 is 12.2 Å². The molecule has 0 aromatic heterocycles. The van der Waals surface area contributed by atoms with Crippen LogP contribution >= 0.6 is 0 Å². The van der Waals surface area contributed by atoms with Crippen LogP contribution in [-0.4, -0.2) is 30.1 Å². The topological polar surface area (TPSA) is 26.8 Å². The molecule has 0 spiro atoms. The molecular formula is C29H29F4N3O. The maximum absolute atomic E-state index is 14.6. The van der Waals surface area contributed by atoms with Crippen LogP contribution in [0, 0.1) is 12.7 Å². The minimum absolute atomic E-state index is 0.0532. The summed E-state index contributed by atoms with van der Waals surface area (Å²) < 4.78 is 55.7. The van der Waals surface area contributed by atoms with E-state index >= 15 is 0 Å². The molecule has 5 rings (SSSR count). The summed E-state index contributed by atoms with van der Waals surface area (Å²) in [6.07, 6.45) is -3.24. The summed E-state index contributed by atoms with van der Waals surface area (Å²) in [7, 11) is 0. The molecule has 0 unspecified atom stereocenters. The molecule has 1 fully saturated rings. The van der Waals surface area contributed by atoms with E-state index in [1.807, 2.05) is 41.8 Å². The van der Waals surface area contributed by atoms with E-state index in [-0.39, 0.29) is 36.0 Å². The van der Waals surface area contributed by atoms with Gasteiger partial charge in [-0.2, -0.15) is 13.2 Å². The summed E-state index contributed by atoms with van der Waals surface area (Å²) >= 11 is 0. The van der Waals surface area contributed by atoms with Crippen LogP contribution in [0.2, 0.25) is 0 Å². The number of carbonyl (C=O) groups is 1. The lowest BCUT2D eigenvalue weighted by Crippen LogP contribution is -2.55. The van der Waals surface area contributed by atoms with E-state index in [2.05, 4.69) is 0 Å². The summed E-state index contributed by atoms with van der Waals surface area (Å²) in [6.45, 7) is 4.84. The Bertz CT molecular complexity index is 1280. The lowest BCUT2D eigenvalue weighted by atomic mass is 9.94. The number of urea groups is 1. The van der Waals surface area contributed by atoms with Crippen molar-refractivity contribution in [2.75, 3.05) is 22.9 Å². The van der Waals surface area contributed by atoms with Crippen LogP contribution < -0.4 is 9.80 Å². The highest BCUT2D eigenvalue weighted by Gasteiger charge is 2.41. The van der Waals surface area contributed by atoms with Gasteiger partial charge in [-0.3, -0.25) is 4.90 Å². The molecule has 0 N–H and O–H groups in total. The van der Waals surface area contributed by atoms with E-state index in [0.29, 0.717) is 37.3 Å². The van der Waals surface area contributed by atoms with Gasteiger partial charge in [0.15, 0.2) is 0 Å². The minimum atomic E-state index is -4.51. The minimum Gasteiger partial charge on any atom is -0.369 e. The fourth-order valence-corrected chi connectivity index (χ4v) is 5.77. The highest BCUT2D eigenvalue weighted by molar-refractivity contribution is 5.95. The van der Waals surface area contributed by atoms with Crippen molar-refractivity contribution in [2.45, 2.75) is 51.5 Å². The number of para-hydroxylation sites is 2. The van der Waals surface area contributed by atoms with Crippen molar-refractivity contribution < 1.29 is 22.4 Å². The molecule has 0 saturated carbocycles. The van der Waals surface area contributed by atoms with Crippen LogP contribution in [0.1, 0.15) is 48.1 Å². The maximum Gasteiger partial charge on any atom is 0.416 e. The smallest absolute Gasteiger partial charge is 0.369 e. The second-order valence-corrected chi connectivity index (χ2v) is 9.79. The third-order valence-corrected chi connectivity index (χ3v) is 7.56. The van der Waals surface area contributed by atoms with Crippen LogP contribution in [0.5, 0.6) is 0 Å². The molecule has 0 radical (unpaired) electrons. The van der Waals surface area contributed by atoms with Crippen LogP contribution in [-0.2, 0) is 12.7 Å². The fraction of sp³-hybridized carbons (Fsp3) is 0.345. The molecule has 2 heterocycles. The SMILES string of the molecule is Cc1cccc(F)c1N1CCC(N2C(=O)N(Cc3ccccc3C(F)(F)F)c3ccccc3[C@@H]2C)CC1. The number of amides is 2. The van der Waals surface area contributed by atoms with Gasteiger partial charge in [0, 0.05) is 19.1 Å². The number of alkyl halides is 3. The van der Waals surface area contributed by atoms with Crippen LogP contribution in [0.4, 0.5) is 33.7 Å². The van der Waals surface area contributed by atoms with Crippen LogP contribution in [0.25, 0.3) is 0 Å². The lowest BCUT2D eigenvalue weighted by Gasteiger charge is -2.47. The highest BCUT2D eigenvalue weighted by atomic mass is 19.4. The van der Waals surface area contributed by atoms with Gasteiger partial charge in [0.2, 0.25) is 0 Å². The third kappa shape index (κ3) is 4.65. The Hall–Kier alpha value is -3.55. The van der Waals surface area contributed by atoms with Crippen LogP contribution in [0.15, 0.2) is 66.7 Å². The van der Waals surface area contributed by atoms with Crippen molar-refractivity contribution in [3.8, 4) is 0 Å². The van der Waals surface area contributed by atoms with E-state index in [1.165, 1.54) is 23.1 Å². The molecule has 3 aromatic carbocycles. The van der Waals surface area contributed by atoms with Crippen molar-refractivity contribution in [2.24, 2.45) is 0 Å². The number of anilines is 2. The van der Waals surface area contributed by atoms with Crippen molar-refractivity contribution in [3.63, 3.8) is 0 Å². The van der Waals surface area contributed by atoms with Gasteiger partial charge in [0.1, 0.15) is 5.82 Å². The lowest BCUT2D eigenvalue weighted by molar-refractivity contribution is -0.138. The van der Waals surface area contributed by atoms with E-state index in [9.17, 15) is 22.4 Å². The zero-order valence-electron chi connectivity index (χ0n) is 20.8. The zero-order valence-corrected chi connectivity index (χ0v) is 20.8. The number of carbonyl (C=O) groups excluding carboxylic acids is 1. The first kappa shape index (κ1) is 25.1. The number of piperidine rings is 1. The molecule has 2 aliphatic rings. The molecular weight excluding hydrogens is 482 g/mol. The number of hydrogen-bond donors (Lipinski definition) is 0.